The van der Waals surface area contributed by atoms with Crippen LogP contribution in [0.5, 0.6) is 0 Å². The van der Waals surface area contributed by atoms with Crippen molar-refractivity contribution < 1.29 is 22.5 Å². The summed E-state index contributed by atoms with van der Waals surface area (Å²) < 4.78 is 42.8. The number of amides is 1. The number of aromatic nitrogens is 2. The molecular formula is C16H17F3N4O2. The largest absolute Gasteiger partial charge is 0.417 e. The highest BCUT2D eigenvalue weighted by Crippen LogP contribution is 2.30. The highest BCUT2D eigenvalue weighted by atomic mass is 19.4. The molecule has 1 saturated heterocycles. The van der Waals surface area contributed by atoms with Gasteiger partial charge in [-0.1, -0.05) is 5.16 Å². The smallest absolute Gasteiger partial charge is 0.361 e. The molecule has 0 saturated carbocycles. The molecule has 0 bridgehead atoms. The fourth-order valence-corrected chi connectivity index (χ4v) is 2.89. The minimum Gasteiger partial charge on any atom is -0.361 e. The molecule has 134 valence electrons. The second-order valence-electron chi connectivity index (χ2n) is 6.01. The van der Waals surface area contributed by atoms with Crippen LogP contribution in [0.25, 0.3) is 0 Å². The number of pyridine rings is 1. The lowest BCUT2D eigenvalue weighted by Crippen LogP contribution is -2.37. The molecule has 0 aromatic carbocycles. The summed E-state index contributed by atoms with van der Waals surface area (Å²) >= 11 is 0. The number of hydrogen-bond donors (Lipinski definition) is 1. The molecule has 0 aliphatic carbocycles. The molecule has 3 heterocycles. The van der Waals surface area contributed by atoms with Crippen molar-refractivity contribution >= 4 is 11.7 Å². The summed E-state index contributed by atoms with van der Waals surface area (Å²) in [5.41, 5.74) is 0.166. The first-order chi connectivity index (χ1) is 11.8. The van der Waals surface area contributed by atoms with Crippen LogP contribution in [0, 0.1) is 13.8 Å². The first-order valence-electron chi connectivity index (χ1n) is 7.77. The predicted molar refractivity (Wildman–Crippen MR) is 83.3 cm³/mol. The minimum atomic E-state index is -4.40. The highest BCUT2D eigenvalue weighted by molar-refractivity contribution is 5.96. The van der Waals surface area contributed by atoms with Gasteiger partial charge in [-0.2, -0.15) is 13.2 Å². The Hall–Kier alpha value is -2.58. The number of aryl methyl sites for hydroxylation is 2. The van der Waals surface area contributed by atoms with Crippen molar-refractivity contribution in [3.8, 4) is 0 Å². The van der Waals surface area contributed by atoms with Crippen molar-refractivity contribution in [3.05, 3.63) is 40.9 Å². The first-order valence-corrected chi connectivity index (χ1v) is 7.77. The molecule has 6 nitrogen and oxygen atoms in total. The fraction of sp³-hybridized carbons (Fsp3) is 0.438. The Bertz CT molecular complexity index is 751. The van der Waals surface area contributed by atoms with E-state index in [2.05, 4.69) is 15.5 Å². The van der Waals surface area contributed by atoms with E-state index >= 15 is 0 Å². The van der Waals surface area contributed by atoms with E-state index in [1.54, 1.807) is 13.8 Å². The maximum absolute atomic E-state index is 12.6. The second-order valence-corrected chi connectivity index (χ2v) is 6.01. The number of alkyl halides is 3. The van der Waals surface area contributed by atoms with Crippen LogP contribution in [-0.2, 0) is 6.18 Å². The van der Waals surface area contributed by atoms with Crippen LogP contribution >= 0.6 is 0 Å². The fourth-order valence-electron chi connectivity index (χ4n) is 2.89. The maximum Gasteiger partial charge on any atom is 0.417 e. The van der Waals surface area contributed by atoms with Crippen molar-refractivity contribution in [3.63, 3.8) is 0 Å². The summed E-state index contributed by atoms with van der Waals surface area (Å²) in [6.45, 7) is 4.44. The number of rotatable bonds is 3. The van der Waals surface area contributed by atoms with Crippen LogP contribution in [0.15, 0.2) is 22.9 Å². The standard InChI is InChI=1S/C16H17F3N4O2/c1-9-14(10(2)25-22-9)15(24)21-12-5-6-23(8-12)13-4-3-11(7-20-13)16(17,18)19/h3-4,7,12H,5-6,8H2,1-2H3,(H,21,24). The number of hydrogen-bond acceptors (Lipinski definition) is 5. The molecule has 0 radical (unpaired) electrons. The Morgan fingerprint density at radius 1 is 1.36 bits per heavy atom. The van der Waals surface area contributed by atoms with Crippen LogP contribution in [0.4, 0.5) is 19.0 Å². The zero-order valence-corrected chi connectivity index (χ0v) is 13.7. The van der Waals surface area contributed by atoms with Gasteiger partial charge in [0.1, 0.15) is 17.1 Å². The Morgan fingerprint density at radius 3 is 2.68 bits per heavy atom. The van der Waals surface area contributed by atoms with Gasteiger partial charge in [0.2, 0.25) is 0 Å². The molecule has 2 aromatic heterocycles. The van der Waals surface area contributed by atoms with Gasteiger partial charge in [-0.05, 0) is 32.4 Å². The molecule has 2 aromatic rings. The predicted octanol–water partition coefficient (Wildman–Crippen LogP) is 2.71. The van der Waals surface area contributed by atoms with Crippen LogP contribution in [0.2, 0.25) is 0 Å². The summed E-state index contributed by atoms with van der Waals surface area (Å²) in [4.78, 5) is 18.1. The van der Waals surface area contributed by atoms with Crippen LogP contribution in [0.3, 0.4) is 0 Å². The van der Waals surface area contributed by atoms with Gasteiger partial charge in [0.05, 0.1) is 11.3 Å². The molecule has 1 amide bonds. The lowest BCUT2D eigenvalue weighted by molar-refractivity contribution is -0.137. The Kier molecular flexibility index (Phi) is 4.40. The number of nitrogens with one attached hydrogen (secondary N) is 1. The molecule has 3 rings (SSSR count). The van der Waals surface area contributed by atoms with Gasteiger partial charge in [0, 0.05) is 25.3 Å². The van der Waals surface area contributed by atoms with Crippen LogP contribution in [0.1, 0.15) is 33.8 Å². The van der Waals surface area contributed by atoms with Crippen LogP contribution in [-0.4, -0.2) is 35.2 Å². The number of halogens is 3. The molecule has 9 heteroatoms. The van der Waals surface area contributed by atoms with E-state index in [1.807, 2.05) is 4.90 Å². The quantitative estimate of drug-likeness (QED) is 0.918. The molecule has 1 fully saturated rings. The first kappa shape index (κ1) is 17.2. The molecule has 1 aliphatic heterocycles. The summed E-state index contributed by atoms with van der Waals surface area (Å²) in [6.07, 6.45) is -2.90. The molecule has 1 aliphatic rings. The van der Waals surface area contributed by atoms with Gasteiger partial charge in [-0.25, -0.2) is 4.98 Å². The van der Waals surface area contributed by atoms with E-state index in [9.17, 15) is 18.0 Å². The van der Waals surface area contributed by atoms with Crippen molar-refractivity contribution in [2.75, 3.05) is 18.0 Å². The Balaban J connectivity index is 1.63. The lowest BCUT2D eigenvalue weighted by atomic mass is 10.1. The molecular weight excluding hydrogens is 337 g/mol. The van der Waals surface area contributed by atoms with Crippen molar-refractivity contribution in [1.29, 1.82) is 0 Å². The average Bonchev–Trinajstić information content (AvgIpc) is 3.13. The summed E-state index contributed by atoms with van der Waals surface area (Å²) in [6, 6.07) is 2.24. The van der Waals surface area contributed by atoms with E-state index in [1.165, 1.54) is 6.07 Å². The second kappa shape index (κ2) is 6.38. The third-order valence-corrected chi connectivity index (χ3v) is 4.18. The van der Waals surface area contributed by atoms with E-state index in [0.717, 1.165) is 12.3 Å². The van der Waals surface area contributed by atoms with E-state index in [4.69, 9.17) is 4.52 Å². The number of anilines is 1. The van der Waals surface area contributed by atoms with Gasteiger partial charge in [-0.15, -0.1) is 0 Å². The third-order valence-electron chi connectivity index (χ3n) is 4.18. The maximum atomic E-state index is 12.6. The summed E-state index contributed by atoms with van der Waals surface area (Å²) in [7, 11) is 0. The van der Waals surface area contributed by atoms with Gasteiger partial charge in [0.25, 0.3) is 5.91 Å². The van der Waals surface area contributed by atoms with E-state index < -0.39 is 11.7 Å². The zero-order valence-electron chi connectivity index (χ0n) is 13.7. The van der Waals surface area contributed by atoms with E-state index in [0.29, 0.717) is 42.3 Å². The van der Waals surface area contributed by atoms with Crippen molar-refractivity contribution in [2.45, 2.75) is 32.5 Å². The average molecular weight is 354 g/mol. The highest BCUT2D eigenvalue weighted by Gasteiger charge is 2.32. The number of carbonyl (C=O) groups excluding carboxylic acids is 1. The SMILES string of the molecule is Cc1noc(C)c1C(=O)NC1CCN(c2ccc(C(F)(F)F)cn2)C1. The number of carbonyl (C=O) groups is 1. The Labute approximate surface area is 142 Å². The molecule has 1 unspecified atom stereocenters. The van der Waals surface area contributed by atoms with Crippen molar-refractivity contribution in [1.82, 2.24) is 15.5 Å². The Morgan fingerprint density at radius 2 is 2.12 bits per heavy atom. The van der Waals surface area contributed by atoms with Gasteiger partial charge >= 0.3 is 6.18 Å². The zero-order chi connectivity index (χ0) is 18.2. The minimum absolute atomic E-state index is 0.120. The molecule has 0 spiro atoms. The van der Waals surface area contributed by atoms with Crippen molar-refractivity contribution in [2.24, 2.45) is 0 Å². The topological polar surface area (TPSA) is 71.3 Å². The summed E-state index contributed by atoms with van der Waals surface area (Å²) in [5, 5.41) is 6.66. The summed E-state index contributed by atoms with van der Waals surface area (Å²) in [5.74, 6) is 0.653. The normalized spacial score (nSPS) is 17.8. The molecule has 1 atom stereocenters. The van der Waals surface area contributed by atoms with Gasteiger partial charge in [-0.3, -0.25) is 4.79 Å². The molecule has 1 N–H and O–H groups in total. The monoisotopic (exact) mass is 354 g/mol. The lowest BCUT2D eigenvalue weighted by Gasteiger charge is -2.18. The van der Waals surface area contributed by atoms with Gasteiger partial charge < -0.3 is 14.7 Å². The third kappa shape index (κ3) is 3.59. The van der Waals surface area contributed by atoms with Crippen LogP contribution < -0.4 is 10.2 Å². The van der Waals surface area contributed by atoms with E-state index in [-0.39, 0.29) is 11.9 Å². The number of nitrogens with zero attached hydrogens (tertiary/aromatic N) is 3. The molecule has 25 heavy (non-hydrogen) atoms. The van der Waals surface area contributed by atoms with Gasteiger partial charge in [0.15, 0.2) is 0 Å².